The molecule has 0 unspecified atom stereocenters. The fourth-order valence-corrected chi connectivity index (χ4v) is 2.07. The van der Waals surface area contributed by atoms with Crippen LogP contribution in [0.3, 0.4) is 0 Å². The third kappa shape index (κ3) is 2.74. The fourth-order valence-electron chi connectivity index (χ4n) is 2.07. The van der Waals surface area contributed by atoms with E-state index in [1.807, 2.05) is 0 Å². The lowest BCUT2D eigenvalue weighted by Crippen LogP contribution is -2.34. The van der Waals surface area contributed by atoms with Gasteiger partial charge in [0.05, 0.1) is 17.7 Å². The number of aliphatic carboxylic acids is 1. The lowest BCUT2D eigenvalue weighted by atomic mass is 10.1. The van der Waals surface area contributed by atoms with Crippen LogP contribution in [0.4, 0.5) is 0 Å². The van der Waals surface area contributed by atoms with Gasteiger partial charge in [0, 0.05) is 12.8 Å². The monoisotopic (exact) mass is 275 g/mol. The highest BCUT2D eigenvalue weighted by molar-refractivity contribution is 6.22. The van der Waals surface area contributed by atoms with Crippen LogP contribution in [0.5, 0.6) is 0 Å². The van der Waals surface area contributed by atoms with Crippen molar-refractivity contribution < 1.29 is 24.3 Å². The summed E-state index contributed by atoms with van der Waals surface area (Å²) in [6, 6.07) is 6.40. The second-order valence-corrected chi connectivity index (χ2v) is 4.53. The molecule has 2 amide bonds. The Morgan fingerprint density at radius 2 is 1.55 bits per heavy atom. The summed E-state index contributed by atoms with van der Waals surface area (Å²) in [6.45, 7) is -0.300. The Bertz CT molecular complexity index is 558. The van der Waals surface area contributed by atoms with Crippen molar-refractivity contribution in [3.8, 4) is 0 Å². The number of hydrogen-bond donors (Lipinski definition) is 1. The highest BCUT2D eigenvalue weighted by Gasteiger charge is 2.35. The maximum absolute atomic E-state index is 12.0. The Kier molecular flexibility index (Phi) is 3.93. The average Bonchev–Trinajstić information content (AvgIpc) is 2.64. The average molecular weight is 275 g/mol. The zero-order valence-electron chi connectivity index (χ0n) is 10.7. The van der Waals surface area contributed by atoms with E-state index in [1.54, 1.807) is 24.3 Å². The summed E-state index contributed by atoms with van der Waals surface area (Å²) in [5.41, 5.74) is 0.603. The molecule has 0 saturated carbocycles. The summed E-state index contributed by atoms with van der Waals surface area (Å²) < 4.78 is 0. The molecule has 0 bridgehead atoms. The van der Waals surface area contributed by atoms with Gasteiger partial charge < -0.3 is 5.11 Å². The van der Waals surface area contributed by atoms with E-state index in [0.29, 0.717) is 11.1 Å². The summed E-state index contributed by atoms with van der Waals surface area (Å²) in [5.74, 6) is -2.24. The normalized spacial score (nSPS) is 13.5. The number of carboxylic acid groups (broad SMARTS) is 1. The maximum atomic E-state index is 12.0. The molecule has 104 valence electrons. The van der Waals surface area contributed by atoms with E-state index in [-0.39, 0.29) is 31.6 Å². The number of rotatable bonds is 6. The van der Waals surface area contributed by atoms with Crippen LogP contribution in [0.15, 0.2) is 24.3 Å². The Morgan fingerprint density at radius 3 is 2.05 bits per heavy atom. The van der Waals surface area contributed by atoms with Crippen molar-refractivity contribution in [2.75, 3.05) is 6.54 Å². The third-order valence-electron chi connectivity index (χ3n) is 3.06. The van der Waals surface area contributed by atoms with Gasteiger partial charge in [-0.05, 0) is 18.6 Å². The van der Waals surface area contributed by atoms with Crippen LogP contribution in [-0.2, 0) is 9.59 Å². The van der Waals surface area contributed by atoms with Crippen molar-refractivity contribution >= 4 is 23.6 Å². The van der Waals surface area contributed by atoms with Gasteiger partial charge in [0.1, 0.15) is 0 Å². The van der Waals surface area contributed by atoms with E-state index in [0.717, 1.165) is 4.90 Å². The summed E-state index contributed by atoms with van der Waals surface area (Å²) in [7, 11) is 0. The van der Waals surface area contributed by atoms with Gasteiger partial charge in [0.25, 0.3) is 11.8 Å². The molecule has 2 rings (SSSR count). The van der Waals surface area contributed by atoms with Crippen LogP contribution in [0.1, 0.15) is 40.0 Å². The van der Waals surface area contributed by atoms with Gasteiger partial charge in [-0.25, -0.2) is 0 Å². The van der Waals surface area contributed by atoms with Gasteiger partial charge in [-0.3, -0.25) is 24.1 Å². The van der Waals surface area contributed by atoms with E-state index in [9.17, 15) is 19.2 Å². The molecule has 0 fully saturated rings. The van der Waals surface area contributed by atoms with Gasteiger partial charge in [0.15, 0.2) is 5.78 Å². The first-order valence-corrected chi connectivity index (χ1v) is 6.19. The SMILES string of the molecule is O=C(O)CCCC(=O)CN1C(=O)c2ccccc2C1=O. The highest BCUT2D eigenvalue weighted by Crippen LogP contribution is 2.22. The molecular weight excluding hydrogens is 262 g/mol. The Morgan fingerprint density at radius 1 is 1.00 bits per heavy atom. The molecule has 1 aromatic rings. The second kappa shape index (κ2) is 5.64. The zero-order chi connectivity index (χ0) is 14.7. The third-order valence-corrected chi connectivity index (χ3v) is 3.06. The largest absolute Gasteiger partial charge is 0.481 e. The van der Waals surface area contributed by atoms with E-state index in [2.05, 4.69) is 0 Å². The number of imide groups is 1. The number of fused-ring (bicyclic) bond motifs is 1. The molecule has 1 aliphatic rings. The first kappa shape index (κ1) is 13.9. The van der Waals surface area contributed by atoms with E-state index < -0.39 is 17.8 Å². The molecule has 6 heteroatoms. The number of hydrogen-bond acceptors (Lipinski definition) is 4. The molecule has 0 atom stereocenters. The van der Waals surface area contributed by atoms with Crippen LogP contribution < -0.4 is 0 Å². The topological polar surface area (TPSA) is 91.8 Å². The molecule has 0 saturated heterocycles. The highest BCUT2D eigenvalue weighted by atomic mass is 16.4. The molecule has 0 aliphatic carbocycles. The number of benzene rings is 1. The van der Waals surface area contributed by atoms with Gasteiger partial charge in [-0.1, -0.05) is 12.1 Å². The number of ketones is 1. The molecule has 20 heavy (non-hydrogen) atoms. The minimum Gasteiger partial charge on any atom is -0.481 e. The Labute approximate surface area is 115 Å². The minimum absolute atomic E-state index is 0.0414. The first-order chi connectivity index (χ1) is 9.50. The van der Waals surface area contributed by atoms with Gasteiger partial charge in [0.2, 0.25) is 0 Å². The molecule has 0 spiro atoms. The standard InChI is InChI=1S/C14H13NO5/c16-9(4-3-7-12(17)18)8-15-13(19)10-5-1-2-6-11(10)14(15)20/h1-2,5-6H,3-4,7-8H2,(H,17,18). The molecule has 1 aliphatic heterocycles. The molecule has 1 aromatic carbocycles. The van der Waals surface area contributed by atoms with E-state index in [4.69, 9.17) is 5.11 Å². The summed E-state index contributed by atoms with van der Waals surface area (Å²) in [5, 5.41) is 8.48. The van der Waals surface area contributed by atoms with E-state index in [1.165, 1.54) is 0 Å². The lowest BCUT2D eigenvalue weighted by Gasteiger charge is -2.12. The number of Topliss-reactive ketones (excluding diaryl/α,β-unsaturated/α-hetero) is 1. The van der Waals surface area contributed by atoms with Crippen LogP contribution in [0.2, 0.25) is 0 Å². The van der Waals surface area contributed by atoms with Crippen molar-refractivity contribution in [1.29, 1.82) is 0 Å². The predicted molar refractivity (Wildman–Crippen MR) is 68.3 cm³/mol. The number of amides is 2. The van der Waals surface area contributed by atoms with Crippen LogP contribution in [0, 0.1) is 0 Å². The lowest BCUT2D eigenvalue weighted by molar-refractivity contribution is -0.137. The van der Waals surface area contributed by atoms with Crippen LogP contribution in [-0.4, -0.2) is 40.1 Å². The zero-order valence-corrected chi connectivity index (χ0v) is 10.7. The van der Waals surface area contributed by atoms with Crippen molar-refractivity contribution in [3.05, 3.63) is 35.4 Å². The molecule has 1 N–H and O–H groups in total. The Hall–Kier alpha value is -2.50. The van der Waals surface area contributed by atoms with Gasteiger partial charge in [-0.2, -0.15) is 0 Å². The number of nitrogens with zero attached hydrogens (tertiary/aromatic N) is 1. The molecule has 0 radical (unpaired) electrons. The minimum atomic E-state index is -0.974. The molecule has 0 aromatic heterocycles. The van der Waals surface area contributed by atoms with Crippen molar-refractivity contribution in [1.82, 2.24) is 4.90 Å². The summed E-state index contributed by atoms with van der Waals surface area (Å²) in [4.78, 5) is 46.9. The number of carbonyl (C=O) groups is 4. The predicted octanol–water partition coefficient (Wildman–Crippen LogP) is 1.11. The van der Waals surface area contributed by atoms with Crippen molar-refractivity contribution in [2.45, 2.75) is 19.3 Å². The quantitative estimate of drug-likeness (QED) is 0.785. The van der Waals surface area contributed by atoms with Crippen LogP contribution >= 0.6 is 0 Å². The summed E-state index contributed by atoms with van der Waals surface area (Å²) in [6.07, 6.45) is 0.144. The van der Waals surface area contributed by atoms with E-state index >= 15 is 0 Å². The number of carbonyl (C=O) groups excluding carboxylic acids is 3. The van der Waals surface area contributed by atoms with Gasteiger partial charge in [-0.15, -0.1) is 0 Å². The molecular formula is C14H13NO5. The van der Waals surface area contributed by atoms with Crippen LogP contribution in [0.25, 0.3) is 0 Å². The number of carboxylic acids is 1. The Balaban J connectivity index is 1.98. The smallest absolute Gasteiger partial charge is 0.303 e. The maximum Gasteiger partial charge on any atom is 0.303 e. The van der Waals surface area contributed by atoms with Crippen molar-refractivity contribution in [3.63, 3.8) is 0 Å². The molecule has 1 heterocycles. The fraction of sp³-hybridized carbons (Fsp3) is 0.286. The molecule has 6 nitrogen and oxygen atoms in total. The second-order valence-electron chi connectivity index (χ2n) is 4.53. The van der Waals surface area contributed by atoms with Crippen molar-refractivity contribution in [2.24, 2.45) is 0 Å². The van der Waals surface area contributed by atoms with Gasteiger partial charge >= 0.3 is 5.97 Å². The first-order valence-electron chi connectivity index (χ1n) is 6.19. The summed E-state index contributed by atoms with van der Waals surface area (Å²) >= 11 is 0.